The molecule has 0 fully saturated rings. The van der Waals surface area contributed by atoms with Gasteiger partial charge < -0.3 is 15.7 Å². The first-order chi connectivity index (χ1) is 8.49. The van der Waals surface area contributed by atoms with E-state index in [1.54, 1.807) is 24.3 Å². The highest BCUT2D eigenvalue weighted by molar-refractivity contribution is 5.95. The molecule has 6 nitrogen and oxygen atoms in total. The summed E-state index contributed by atoms with van der Waals surface area (Å²) in [6.45, 7) is 1.48. The van der Waals surface area contributed by atoms with Gasteiger partial charge in [0.15, 0.2) is 0 Å². The number of benzene rings is 1. The Hall–Kier alpha value is -2.37. The van der Waals surface area contributed by atoms with Crippen molar-refractivity contribution in [2.45, 2.75) is 13.3 Å². The average Bonchev–Trinajstić information content (AvgIpc) is 2.28. The number of rotatable bonds is 5. The van der Waals surface area contributed by atoms with Crippen molar-refractivity contribution in [3.8, 4) is 0 Å². The molecule has 1 aromatic rings. The largest absolute Gasteiger partial charge is 0.481 e. The van der Waals surface area contributed by atoms with Crippen LogP contribution in [0.4, 0.5) is 5.69 Å². The molecule has 1 aromatic carbocycles. The Morgan fingerprint density at radius 1 is 1.17 bits per heavy atom. The highest BCUT2D eigenvalue weighted by Crippen LogP contribution is 2.09. The lowest BCUT2D eigenvalue weighted by atomic mass is 10.2. The minimum atomic E-state index is -0.962. The zero-order valence-corrected chi connectivity index (χ0v) is 9.90. The fourth-order valence-corrected chi connectivity index (χ4v) is 1.29. The van der Waals surface area contributed by atoms with Crippen molar-refractivity contribution < 1.29 is 19.5 Å². The molecule has 3 N–H and O–H groups in total. The van der Waals surface area contributed by atoms with Crippen molar-refractivity contribution in [3.05, 3.63) is 29.8 Å². The molecule has 0 radical (unpaired) electrons. The van der Waals surface area contributed by atoms with Gasteiger partial charge in [0.1, 0.15) is 0 Å². The van der Waals surface area contributed by atoms with E-state index in [4.69, 9.17) is 5.11 Å². The molecule has 1 rings (SSSR count). The van der Waals surface area contributed by atoms with Crippen molar-refractivity contribution in [3.63, 3.8) is 0 Å². The fraction of sp³-hybridized carbons (Fsp3) is 0.250. The fourth-order valence-electron chi connectivity index (χ4n) is 1.29. The summed E-state index contributed by atoms with van der Waals surface area (Å²) >= 11 is 0. The summed E-state index contributed by atoms with van der Waals surface area (Å²) in [4.78, 5) is 32.6. The third-order valence-corrected chi connectivity index (χ3v) is 2.09. The standard InChI is InChI=1S/C12H14N2O4/c1-8(15)14-10-4-2-9(3-5-10)12(18)13-7-6-11(16)17/h2-5H,6-7H2,1H3,(H,13,18)(H,14,15)(H,16,17). The van der Waals surface area contributed by atoms with Crippen LogP contribution < -0.4 is 10.6 Å². The van der Waals surface area contributed by atoms with E-state index >= 15 is 0 Å². The van der Waals surface area contributed by atoms with E-state index in [0.717, 1.165) is 0 Å². The first-order valence-corrected chi connectivity index (χ1v) is 5.36. The van der Waals surface area contributed by atoms with Crippen molar-refractivity contribution in [1.82, 2.24) is 5.32 Å². The van der Waals surface area contributed by atoms with Crippen LogP contribution >= 0.6 is 0 Å². The van der Waals surface area contributed by atoms with Crippen LogP contribution in [-0.4, -0.2) is 29.4 Å². The molecule has 0 aliphatic carbocycles. The van der Waals surface area contributed by atoms with Gasteiger partial charge in [0, 0.05) is 24.7 Å². The van der Waals surface area contributed by atoms with E-state index in [-0.39, 0.29) is 24.8 Å². The van der Waals surface area contributed by atoms with Crippen LogP contribution in [0.5, 0.6) is 0 Å². The van der Waals surface area contributed by atoms with Gasteiger partial charge >= 0.3 is 5.97 Å². The second-order valence-corrected chi connectivity index (χ2v) is 3.66. The number of hydrogen-bond donors (Lipinski definition) is 3. The van der Waals surface area contributed by atoms with Gasteiger partial charge in [0.2, 0.25) is 5.91 Å². The highest BCUT2D eigenvalue weighted by Gasteiger charge is 2.06. The number of carbonyl (C=O) groups excluding carboxylic acids is 2. The second-order valence-electron chi connectivity index (χ2n) is 3.66. The number of anilines is 1. The molecule has 0 saturated heterocycles. The van der Waals surface area contributed by atoms with Crippen LogP contribution in [0.1, 0.15) is 23.7 Å². The molecule has 0 saturated carbocycles. The molecule has 0 aliphatic heterocycles. The smallest absolute Gasteiger partial charge is 0.305 e. The minimum Gasteiger partial charge on any atom is -0.481 e. The number of hydrogen-bond acceptors (Lipinski definition) is 3. The molecule has 0 bridgehead atoms. The quantitative estimate of drug-likeness (QED) is 0.721. The molecular formula is C12H14N2O4. The lowest BCUT2D eigenvalue weighted by Gasteiger charge is -2.05. The predicted octanol–water partition coefficient (Wildman–Crippen LogP) is 0.849. The summed E-state index contributed by atoms with van der Waals surface area (Å²) in [6.07, 6.45) is -0.115. The first kappa shape index (κ1) is 13.7. The summed E-state index contributed by atoms with van der Waals surface area (Å²) < 4.78 is 0. The van der Waals surface area contributed by atoms with Crippen LogP contribution in [0.25, 0.3) is 0 Å². The van der Waals surface area contributed by atoms with Crippen molar-refractivity contribution in [1.29, 1.82) is 0 Å². The average molecular weight is 250 g/mol. The second kappa shape index (κ2) is 6.39. The Morgan fingerprint density at radius 3 is 2.28 bits per heavy atom. The number of carboxylic acid groups (broad SMARTS) is 1. The summed E-state index contributed by atoms with van der Waals surface area (Å²) in [6, 6.07) is 6.32. The third-order valence-electron chi connectivity index (χ3n) is 2.09. The number of carbonyl (C=O) groups is 3. The van der Waals surface area contributed by atoms with Crippen molar-refractivity contribution >= 4 is 23.5 Å². The molecule has 0 spiro atoms. The number of carboxylic acids is 1. The molecule has 6 heteroatoms. The molecular weight excluding hydrogens is 236 g/mol. The van der Waals surface area contributed by atoms with Gasteiger partial charge in [0.25, 0.3) is 5.91 Å². The zero-order valence-electron chi connectivity index (χ0n) is 9.90. The van der Waals surface area contributed by atoms with Crippen molar-refractivity contribution in [2.75, 3.05) is 11.9 Å². The summed E-state index contributed by atoms with van der Waals surface area (Å²) in [7, 11) is 0. The monoisotopic (exact) mass is 250 g/mol. The summed E-state index contributed by atoms with van der Waals surface area (Å²) in [5.74, 6) is -1.49. The number of amides is 2. The van der Waals surface area contributed by atoms with Crippen LogP contribution in [0.3, 0.4) is 0 Å². The van der Waals surface area contributed by atoms with E-state index in [1.807, 2.05) is 0 Å². The van der Waals surface area contributed by atoms with E-state index in [2.05, 4.69) is 10.6 Å². The maximum absolute atomic E-state index is 11.6. The first-order valence-electron chi connectivity index (χ1n) is 5.36. The van der Waals surface area contributed by atoms with Crippen LogP contribution in [0.15, 0.2) is 24.3 Å². The Bertz CT molecular complexity index is 454. The Kier molecular flexibility index (Phi) is 4.86. The van der Waals surface area contributed by atoms with E-state index in [0.29, 0.717) is 11.3 Å². The summed E-state index contributed by atoms with van der Waals surface area (Å²) in [5, 5.41) is 13.5. The Morgan fingerprint density at radius 2 is 1.78 bits per heavy atom. The van der Waals surface area contributed by atoms with Gasteiger partial charge in [-0.05, 0) is 24.3 Å². The predicted molar refractivity (Wildman–Crippen MR) is 65.3 cm³/mol. The van der Waals surface area contributed by atoms with Gasteiger partial charge in [-0.25, -0.2) is 0 Å². The molecule has 0 aromatic heterocycles. The Labute approximate surface area is 104 Å². The molecule has 18 heavy (non-hydrogen) atoms. The molecule has 0 unspecified atom stereocenters. The lowest BCUT2D eigenvalue weighted by molar-refractivity contribution is -0.136. The van der Waals surface area contributed by atoms with Crippen molar-refractivity contribution in [2.24, 2.45) is 0 Å². The lowest BCUT2D eigenvalue weighted by Crippen LogP contribution is -2.25. The van der Waals surface area contributed by atoms with Gasteiger partial charge in [-0.1, -0.05) is 0 Å². The van der Waals surface area contributed by atoms with E-state index in [9.17, 15) is 14.4 Å². The highest BCUT2D eigenvalue weighted by atomic mass is 16.4. The summed E-state index contributed by atoms with van der Waals surface area (Å²) in [5.41, 5.74) is 1.01. The topological polar surface area (TPSA) is 95.5 Å². The van der Waals surface area contributed by atoms with Crippen LogP contribution in [-0.2, 0) is 9.59 Å². The van der Waals surface area contributed by atoms with Gasteiger partial charge in [-0.3, -0.25) is 14.4 Å². The Balaban J connectivity index is 2.53. The van der Waals surface area contributed by atoms with Crippen LogP contribution in [0.2, 0.25) is 0 Å². The third kappa shape index (κ3) is 4.65. The molecule has 96 valence electrons. The van der Waals surface area contributed by atoms with Gasteiger partial charge in [-0.2, -0.15) is 0 Å². The normalized spacial score (nSPS) is 9.61. The van der Waals surface area contributed by atoms with E-state index in [1.165, 1.54) is 6.92 Å². The molecule has 0 heterocycles. The SMILES string of the molecule is CC(=O)Nc1ccc(C(=O)NCCC(=O)O)cc1. The maximum Gasteiger partial charge on any atom is 0.305 e. The maximum atomic E-state index is 11.6. The molecule has 0 atom stereocenters. The number of nitrogens with one attached hydrogen (secondary N) is 2. The van der Waals surface area contributed by atoms with E-state index < -0.39 is 5.97 Å². The van der Waals surface area contributed by atoms with Gasteiger partial charge in [-0.15, -0.1) is 0 Å². The number of aliphatic carboxylic acids is 1. The molecule has 2 amide bonds. The zero-order chi connectivity index (χ0) is 13.5. The minimum absolute atomic E-state index is 0.0849. The van der Waals surface area contributed by atoms with Crippen LogP contribution in [0, 0.1) is 0 Å². The molecule has 0 aliphatic rings. The van der Waals surface area contributed by atoms with Gasteiger partial charge in [0.05, 0.1) is 6.42 Å².